The first kappa shape index (κ1) is 14.9. The molecule has 4 heteroatoms. The third kappa shape index (κ3) is 5.61. The molecule has 0 bridgehead atoms. The minimum absolute atomic E-state index is 0.191. The molecule has 0 aromatic heterocycles. The van der Waals surface area contributed by atoms with Crippen LogP contribution in [0.5, 0.6) is 0 Å². The molecule has 1 aromatic rings. The van der Waals surface area contributed by atoms with Crippen LogP contribution >= 0.6 is 0 Å². The van der Waals surface area contributed by atoms with E-state index in [2.05, 4.69) is 16.0 Å². The lowest BCUT2D eigenvalue weighted by Gasteiger charge is -2.09. The summed E-state index contributed by atoms with van der Waals surface area (Å²) in [4.78, 5) is 11.7. The highest BCUT2D eigenvalue weighted by molar-refractivity contribution is 5.75. The van der Waals surface area contributed by atoms with Crippen molar-refractivity contribution in [2.24, 2.45) is 5.92 Å². The number of hydrogen-bond donors (Lipinski definition) is 3. The number of rotatable bonds is 8. The second kappa shape index (κ2) is 8.59. The van der Waals surface area contributed by atoms with Gasteiger partial charge in [-0.1, -0.05) is 18.2 Å². The Hall–Kier alpha value is -1.55. The smallest absolute Gasteiger partial charge is 0.220 e. The van der Waals surface area contributed by atoms with E-state index in [0.717, 1.165) is 44.7 Å². The number of carbonyl (C=O) groups is 1. The van der Waals surface area contributed by atoms with Crippen LogP contribution in [0.3, 0.4) is 0 Å². The molecule has 1 atom stereocenters. The van der Waals surface area contributed by atoms with Crippen molar-refractivity contribution >= 4 is 11.6 Å². The van der Waals surface area contributed by atoms with Crippen LogP contribution < -0.4 is 16.0 Å². The summed E-state index contributed by atoms with van der Waals surface area (Å²) >= 11 is 0. The molecule has 0 spiro atoms. The zero-order valence-electron chi connectivity index (χ0n) is 12.0. The van der Waals surface area contributed by atoms with Gasteiger partial charge in [0, 0.05) is 25.2 Å². The molecule has 0 saturated carbocycles. The van der Waals surface area contributed by atoms with E-state index in [1.807, 2.05) is 30.3 Å². The van der Waals surface area contributed by atoms with Crippen molar-refractivity contribution in [3.8, 4) is 0 Å². The summed E-state index contributed by atoms with van der Waals surface area (Å²) in [5.41, 5.74) is 1.13. The van der Waals surface area contributed by atoms with E-state index in [1.54, 1.807) is 0 Å². The first-order chi connectivity index (χ1) is 9.84. The van der Waals surface area contributed by atoms with Crippen LogP contribution in [0.15, 0.2) is 30.3 Å². The molecular weight excluding hydrogens is 250 g/mol. The van der Waals surface area contributed by atoms with Crippen LogP contribution in [0.2, 0.25) is 0 Å². The lowest BCUT2D eigenvalue weighted by molar-refractivity contribution is -0.121. The third-order valence-electron chi connectivity index (χ3n) is 3.72. The van der Waals surface area contributed by atoms with E-state index in [4.69, 9.17) is 0 Å². The summed E-state index contributed by atoms with van der Waals surface area (Å²) in [6.07, 6.45) is 3.85. The van der Waals surface area contributed by atoms with Crippen LogP contribution in [0.1, 0.15) is 25.7 Å². The Balaban J connectivity index is 1.47. The number of anilines is 1. The van der Waals surface area contributed by atoms with Crippen LogP contribution in [0, 0.1) is 5.92 Å². The van der Waals surface area contributed by atoms with Crippen molar-refractivity contribution < 1.29 is 4.79 Å². The molecule has 0 radical (unpaired) electrons. The average Bonchev–Trinajstić information content (AvgIpc) is 2.99. The Kier molecular flexibility index (Phi) is 6.38. The summed E-state index contributed by atoms with van der Waals surface area (Å²) in [5.74, 6) is 0.886. The molecule has 1 aliphatic rings. The van der Waals surface area contributed by atoms with Gasteiger partial charge in [-0.05, 0) is 50.4 Å². The second-order valence-electron chi connectivity index (χ2n) is 5.39. The minimum atomic E-state index is 0.191. The molecule has 1 amide bonds. The predicted octanol–water partition coefficient (Wildman–Crippen LogP) is 1.99. The standard InChI is InChI=1S/C16H25N3O/c20-16(8-7-14-9-12-17-13-14)19-11-4-10-18-15-5-2-1-3-6-15/h1-3,5-6,14,17-18H,4,7-13H2,(H,19,20). The van der Waals surface area contributed by atoms with Gasteiger partial charge in [0.25, 0.3) is 0 Å². The molecule has 1 aliphatic heterocycles. The van der Waals surface area contributed by atoms with Gasteiger partial charge >= 0.3 is 0 Å². The van der Waals surface area contributed by atoms with Crippen molar-refractivity contribution in [2.45, 2.75) is 25.7 Å². The molecule has 1 heterocycles. The fraction of sp³-hybridized carbons (Fsp3) is 0.562. The molecule has 3 N–H and O–H groups in total. The van der Waals surface area contributed by atoms with E-state index in [9.17, 15) is 4.79 Å². The van der Waals surface area contributed by atoms with Crippen LogP contribution in [0.25, 0.3) is 0 Å². The summed E-state index contributed by atoms with van der Waals surface area (Å²) in [6, 6.07) is 10.1. The molecule has 1 fully saturated rings. The molecule has 0 aliphatic carbocycles. The molecule has 110 valence electrons. The lowest BCUT2D eigenvalue weighted by Crippen LogP contribution is -2.26. The second-order valence-corrected chi connectivity index (χ2v) is 5.39. The molecule has 2 rings (SSSR count). The average molecular weight is 275 g/mol. The first-order valence-electron chi connectivity index (χ1n) is 7.61. The summed E-state index contributed by atoms with van der Waals surface area (Å²) in [7, 11) is 0. The topological polar surface area (TPSA) is 53.2 Å². The Morgan fingerprint density at radius 3 is 2.85 bits per heavy atom. The van der Waals surface area contributed by atoms with Crippen molar-refractivity contribution in [3.05, 3.63) is 30.3 Å². The molecule has 4 nitrogen and oxygen atoms in total. The van der Waals surface area contributed by atoms with Crippen LogP contribution in [0.4, 0.5) is 5.69 Å². The van der Waals surface area contributed by atoms with Gasteiger partial charge in [-0.2, -0.15) is 0 Å². The fourth-order valence-electron chi connectivity index (χ4n) is 2.49. The van der Waals surface area contributed by atoms with Gasteiger partial charge < -0.3 is 16.0 Å². The maximum absolute atomic E-state index is 11.7. The highest BCUT2D eigenvalue weighted by Gasteiger charge is 2.15. The number of amides is 1. The zero-order chi connectivity index (χ0) is 14.0. The van der Waals surface area contributed by atoms with Gasteiger partial charge in [0.15, 0.2) is 0 Å². The fourth-order valence-corrected chi connectivity index (χ4v) is 2.49. The molecular formula is C16H25N3O. The van der Waals surface area contributed by atoms with Crippen molar-refractivity contribution in [2.75, 3.05) is 31.5 Å². The van der Waals surface area contributed by atoms with Crippen molar-refractivity contribution in [1.29, 1.82) is 0 Å². The predicted molar refractivity (Wildman–Crippen MR) is 82.8 cm³/mol. The maximum atomic E-state index is 11.7. The highest BCUT2D eigenvalue weighted by Crippen LogP contribution is 2.13. The quantitative estimate of drug-likeness (QED) is 0.636. The van der Waals surface area contributed by atoms with Crippen LogP contribution in [-0.2, 0) is 4.79 Å². The Morgan fingerprint density at radius 1 is 1.25 bits per heavy atom. The minimum Gasteiger partial charge on any atom is -0.385 e. The normalized spacial score (nSPS) is 17.9. The van der Waals surface area contributed by atoms with Gasteiger partial charge in [-0.3, -0.25) is 4.79 Å². The van der Waals surface area contributed by atoms with Gasteiger partial charge in [-0.25, -0.2) is 0 Å². The molecule has 1 saturated heterocycles. The summed E-state index contributed by atoms with van der Waals surface area (Å²) in [5, 5.41) is 9.66. The number of nitrogens with one attached hydrogen (secondary N) is 3. The van der Waals surface area contributed by atoms with Gasteiger partial charge in [0.1, 0.15) is 0 Å². The monoisotopic (exact) mass is 275 g/mol. The Labute approximate surface area is 121 Å². The number of carbonyl (C=O) groups excluding carboxylic acids is 1. The highest BCUT2D eigenvalue weighted by atomic mass is 16.1. The summed E-state index contributed by atoms with van der Waals surface area (Å²) in [6.45, 7) is 3.82. The molecule has 1 aromatic carbocycles. The van der Waals surface area contributed by atoms with E-state index >= 15 is 0 Å². The summed E-state index contributed by atoms with van der Waals surface area (Å²) < 4.78 is 0. The van der Waals surface area contributed by atoms with Gasteiger partial charge in [-0.15, -0.1) is 0 Å². The molecule has 1 unspecified atom stereocenters. The number of hydrogen-bond acceptors (Lipinski definition) is 3. The maximum Gasteiger partial charge on any atom is 0.220 e. The van der Waals surface area contributed by atoms with Crippen molar-refractivity contribution in [1.82, 2.24) is 10.6 Å². The third-order valence-corrected chi connectivity index (χ3v) is 3.72. The van der Waals surface area contributed by atoms with Gasteiger partial charge in [0.05, 0.1) is 0 Å². The molecule has 20 heavy (non-hydrogen) atoms. The van der Waals surface area contributed by atoms with E-state index in [0.29, 0.717) is 12.3 Å². The Bertz CT molecular complexity index is 388. The Morgan fingerprint density at radius 2 is 2.10 bits per heavy atom. The zero-order valence-corrected chi connectivity index (χ0v) is 12.0. The number of benzene rings is 1. The number of para-hydroxylation sites is 1. The van der Waals surface area contributed by atoms with E-state index in [-0.39, 0.29) is 5.91 Å². The van der Waals surface area contributed by atoms with Crippen LogP contribution in [-0.4, -0.2) is 32.1 Å². The van der Waals surface area contributed by atoms with Crippen molar-refractivity contribution in [3.63, 3.8) is 0 Å². The largest absolute Gasteiger partial charge is 0.385 e. The SMILES string of the molecule is O=C(CCC1CCNC1)NCCCNc1ccccc1. The van der Waals surface area contributed by atoms with Gasteiger partial charge in [0.2, 0.25) is 5.91 Å². The lowest BCUT2D eigenvalue weighted by atomic mass is 10.0. The van der Waals surface area contributed by atoms with E-state index < -0.39 is 0 Å². The first-order valence-corrected chi connectivity index (χ1v) is 7.61. The van der Waals surface area contributed by atoms with E-state index in [1.165, 1.54) is 6.42 Å².